The molecule has 15 heavy (non-hydrogen) atoms. The molecule has 2 aromatic heterocycles. The highest BCUT2D eigenvalue weighted by Crippen LogP contribution is 2.09. The van der Waals surface area contributed by atoms with Crippen molar-refractivity contribution in [2.24, 2.45) is 0 Å². The lowest BCUT2D eigenvalue weighted by Crippen LogP contribution is -2.18. The predicted molar refractivity (Wildman–Crippen MR) is 55.7 cm³/mol. The van der Waals surface area contributed by atoms with Crippen LogP contribution in [0, 0.1) is 6.92 Å². The summed E-state index contributed by atoms with van der Waals surface area (Å²) < 4.78 is 15.2. The van der Waals surface area contributed by atoms with Gasteiger partial charge in [-0.25, -0.2) is 9.37 Å². The first-order valence-electron chi connectivity index (χ1n) is 4.31. The van der Waals surface area contributed by atoms with Crippen molar-refractivity contribution >= 4 is 21.7 Å². The van der Waals surface area contributed by atoms with Gasteiger partial charge >= 0.3 is 0 Å². The third kappa shape index (κ3) is 1.56. The maximum absolute atomic E-state index is 12.2. The molecule has 0 aliphatic carbocycles. The quantitative estimate of drug-likeness (QED) is 0.819. The van der Waals surface area contributed by atoms with E-state index >= 15 is 0 Å². The lowest BCUT2D eigenvalue weighted by atomic mass is 10.4. The first-order chi connectivity index (χ1) is 7.15. The van der Waals surface area contributed by atoms with Crippen LogP contribution in [0.3, 0.4) is 0 Å². The van der Waals surface area contributed by atoms with Crippen LogP contribution < -0.4 is 5.56 Å². The summed E-state index contributed by atoms with van der Waals surface area (Å²) >= 11 is 3.13. The van der Waals surface area contributed by atoms with Crippen LogP contribution in [0.25, 0.3) is 5.78 Å². The number of nitrogens with zero attached hydrogens (tertiary/aromatic N) is 4. The van der Waals surface area contributed by atoms with E-state index in [-0.39, 0.29) is 12.1 Å². The molecule has 0 amide bonds. The fourth-order valence-electron chi connectivity index (χ4n) is 1.29. The number of hydrogen-bond acceptors (Lipinski definition) is 3. The summed E-state index contributed by atoms with van der Waals surface area (Å²) in [6.07, 6.45) is 1.40. The van der Waals surface area contributed by atoms with Crippen LogP contribution in [-0.2, 0) is 6.54 Å². The molecule has 0 unspecified atom stereocenters. The average Bonchev–Trinajstić information content (AvgIpc) is 2.59. The lowest BCUT2D eigenvalue weighted by molar-refractivity contribution is 0.448. The molecule has 80 valence electrons. The van der Waals surface area contributed by atoms with Crippen LogP contribution in [0.5, 0.6) is 0 Å². The number of halogens is 2. The number of hydrogen-bond donors (Lipinski definition) is 0. The van der Waals surface area contributed by atoms with Crippen LogP contribution in [-0.4, -0.2) is 25.8 Å². The van der Waals surface area contributed by atoms with Gasteiger partial charge in [-0.1, -0.05) is 0 Å². The van der Waals surface area contributed by atoms with E-state index in [2.05, 4.69) is 26.0 Å². The highest BCUT2D eigenvalue weighted by molar-refractivity contribution is 9.10. The fraction of sp³-hybridized carbons (Fsp3) is 0.375. The normalized spacial score (nSPS) is 11.1. The molecule has 0 N–H and O–H groups in total. The first-order valence-corrected chi connectivity index (χ1v) is 5.10. The van der Waals surface area contributed by atoms with E-state index in [9.17, 15) is 9.18 Å². The van der Waals surface area contributed by atoms with Crippen LogP contribution in [0.2, 0.25) is 0 Å². The van der Waals surface area contributed by atoms with E-state index in [1.54, 1.807) is 6.92 Å². The molecule has 0 aliphatic rings. The molecule has 7 heteroatoms. The molecule has 2 aromatic rings. The Kier molecular flexibility index (Phi) is 2.56. The summed E-state index contributed by atoms with van der Waals surface area (Å²) in [5.41, 5.74) is 0.288. The van der Waals surface area contributed by atoms with Gasteiger partial charge in [0.2, 0.25) is 5.78 Å². The Morgan fingerprint density at radius 3 is 3.00 bits per heavy atom. The second-order valence-corrected chi connectivity index (χ2v) is 3.83. The van der Waals surface area contributed by atoms with Crippen LogP contribution in [0.1, 0.15) is 5.69 Å². The predicted octanol–water partition coefficient (Wildman–Crippen LogP) is 0.931. The van der Waals surface area contributed by atoms with Gasteiger partial charge in [-0.15, -0.1) is 0 Å². The summed E-state index contributed by atoms with van der Waals surface area (Å²) in [6, 6.07) is 0. The highest BCUT2D eigenvalue weighted by Gasteiger charge is 2.10. The molecule has 5 nitrogen and oxygen atoms in total. The monoisotopic (exact) mass is 274 g/mol. The van der Waals surface area contributed by atoms with E-state index in [1.165, 1.54) is 10.9 Å². The van der Waals surface area contributed by atoms with E-state index in [0.717, 1.165) is 4.52 Å². The molecular formula is C8H8BrFN4O. The van der Waals surface area contributed by atoms with Crippen LogP contribution >= 0.6 is 15.9 Å². The summed E-state index contributed by atoms with van der Waals surface area (Å²) in [6.45, 7) is 1.34. The SMILES string of the molecule is Cc1nc2n(CCF)cnn2c(=O)c1Br. The van der Waals surface area contributed by atoms with E-state index in [1.807, 2.05) is 0 Å². The van der Waals surface area contributed by atoms with E-state index in [4.69, 9.17) is 0 Å². The molecule has 0 spiro atoms. The van der Waals surface area contributed by atoms with Crippen molar-refractivity contribution in [3.8, 4) is 0 Å². The Morgan fingerprint density at radius 1 is 1.60 bits per heavy atom. The van der Waals surface area contributed by atoms with Crippen molar-refractivity contribution in [1.82, 2.24) is 19.2 Å². The van der Waals surface area contributed by atoms with Gasteiger partial charge in [0.1, 0.15) is 17.5 Å². The Bertz CT molecular complexity index is 562. The van der Waals surface area contributed by atoms with E-state index in [0.29, 0.717) is 15.9 Å². The van der Waals surface area contributed by atoms with Crippen molar-refractivity contribution in [1.29, 1.82) is 0 Å². The summed E-state index contributed by atoms with van der Waals surface area (Å²) in [5.74, 6) is 0.360. The third-order valence-electron chi connectivity index (χ3n) is 2.04. The minimum atomic E-state index is -0.517. The van der Waals surface area contributed by atoms with Gasteiger partial charge in [-0.3, -0.25) is 9.36 Å². The Labute approximate surface area is 92.7 Å². The van der Waals surface area contributed by atoms with Gasteiger partial charge < -0.3 is 0 Å². The first kappa shape index (κ1) is 10.3. The summed E-state index contributed by atoms with van der Waals surface area (Å²) in [5, 5.41) is 3.85. The summed E-state index contributed by atoms with van der Waals surface area (Å²) in [7, 11) is 0. The van der Waals surface area contributed by atoms with Gasteiger partial charge in [0.05, 0.1) is 12.2 Å². The van der Waals surface area contributed by atoms with Gasteiger partial charge in [0.15, 0.2) is 0 Å². The Hall–Kier alpha value is -1.24. The van der Waals surface area contributed by atoms with Crippen LogP contribution in [0.4, 0.5) is 4.39 Å². The number of alkyl halides is 1. The molecule has 0 aliphatic heterocycles. The number of fused-ring (bicyclic) bond motifs is 1. The van der Waals surface area contributed by atoms with Crippen molar-refractivity contribution in [3.05, 3.63) is 26.8 Å². The molecule has 0 bridgehead atoms. The smallest absolute Gasteiger partial charge is 0.290 e. The topological polar surface area (TPSA) is 52.2 Å². The lowest BCUT2D eigenvalue weighted by Gasteiger charge is -2.00. The molecule has 0 saturated heterocycles. The van der Waals surface area contributed by atoms with Gasteiger partial charge in [-0.2, -0.15) is 9.61 Å². The maximum atomic E-state index is 12.2. The second kappa shape index (κ2) is 3.73. The molecule has 0 fully saturated rings. The Balaban J connectivity index is 2.77. The molecule has 2 heterocycles. The van der Waals surface area contributed by atoms with Gasteiger partial charge in [0.25, 0.3) is 5.56 Å². The standard InChI is InChI=1S/C8H8BrFN4O/c1-5-6(9)7(15)14-8(12-5)13(3-2-10)4-11-14/h4H,2-3H2,1H3. The minimum absolute atomic E-state index is 0.150. The second-order valence-electron chi connectivity index (χ2n) is 3.04. The van der Waals surface area contributed by atoms with Gasteiger partial charge in [-0.05, 0) is 22.9 Å². The summed E-state index contributed by atoms with van der Waals surface area (Å²) in [4.78, 5) is 15.8. The molecular weight excluding hydrogens is 267 g/mol. The maximum Gasteiger partial charge on any atom is 0.290 e. The fourth-order valence-corrected chi connectivity index (χ4v) is 1.55. The zero-order valence-electron chi connectivity index (χ0n) is 7.94. The molecule has 0 radical (unpaired) electrons. The number of rotatable bonds is 2. The highest BCUT2D eigenvalue weighted by atomic mass is 79.9. The molecule has 0 aromatic carbocycles. The third-order valence-corrected chi connectivity index (χ3v) is 2.96. The van der Waals surface area contributed by atoms with Crippen molar-refractivity contribution in [3.63, 3.8) is 0 Å². The van der Waals surface area contributed by atoms with Crippen molar-refractivity contribution in [2.75, 3.05) is 6.67 Å². The number of aromatic nitrogens is 4. The number of aryl methyl sites for hydroxylation is 2. The van der Waals surface area contributed by atoms with E-state index < -0.39 is 6.67 Å². The average molecular weight is 275 g/mol. The van der Waals surface area contributed by atoms with Crippen LogP contribution in [0.15, 0.2) is 15.6 Å². The zero-order valence-corrected chi connectivity index (χ0v) is 9.53. The van der Waals surface area contributed by atoms with Crippen molar-refractivity contribution < 1.29 is 4.39 Å². The molecule has 2 rings (SSSR count). The van der Waals surface area contributed by atoms with Crippen molar-refractivity contribution in [2.45, 2.75) is 13.5 Å². The minimum Gasteiger partial charge on any atom is -0.297 e. The Morgan fingerprint density at radius 2 is 2.33 bits per heavy atom. The van der Waals surface area contributed by atoms with Gasteiger partial charge in [0, 0.05) is 0 Å². The zero-order chi connectivity index (χ0) is 11.0. The molecule has 0 atom stereocenters. The largest absolute Gasteiger partial charge is 0.297 e. The molecule has 0 saturated carbocycles.